The van der Waals surface area contributed by atoms with E-state index in [1.54, 1.807) is 0 Å². The van der Waals surface area contributed by atoms with Crippen LogP contribution in [0.15, 0.2) is 12.3 Å². The first-order chi connectivity index (χ1) is 9.93. The van der Waals surface area contributed by atoms with Crippen molar-refractivity contribution in [3.63, 3.8) is 0 Å². The van der Waals surface area contributed by atoms with Crippen molar-refractivity contribution in [2.24, 2.45) is 0 Å². The van der Waals surface area contributed by atoms with E-state index in [1.807, 2.05) is 0 Å². The molecule has 1 saturated heterocycles. The number of amides is 1. The van der Waals surface area contributed by atoms with E-state index in [2.05, 4.69) is 10.4 Å². The summed E-state index contributed by atoms with van der Waals surface area (Å²) in [7, 11) is 0. The summed E-state index contributed by atoms with van der Waals surface area (Å²) in [5.41, 5.74) is -1.35. The van der Waals surface area contributed by atoms with E-state index >= 15 is 0 Å². The van der Waals surface area contributed by atoms with Gasteiger partial charge in [-0.3, -0.25) is 4.79 Å². The highest BCUT2D eigenvalue weighted by atomic mass is 16.6. The minimum Gasteiger partial charge on any atom is -0.480 e. The first-order valence-electron chi connectivity index (χ1n) is 6.23. The Kier molecular flexibility index (Phi) is 4.17. The molecule has 1 aromatic rings. The number of carboxylic acid groups (broad SMARTS) is 1. The summed E-state index contributed by atoms with van der Waals surface area (Å²) in [6, 6.07) is 1.16. The number of carboxylic acids is 1. The van der Waals surface area contributed by atoms with Crippen molar-refractivity contribution in [1.29, 1.82) is 0 Å². The maximum atomic E-state index is 11.9. The lowest BCUT2D eigenvalue weighted by atomic mass is 9.90. The van der Waals surface area contributed by atoms with Gasteiger partial charge in [-0.2, -0.15) is 4.68 Å². The number of rotatable bonds is 5. The van der Waals surface area contributed by atoms with Crippen LogP contribution >= 0.6 is 0 Å². The number of ether oxygens (including phenoxy) is 1. The van der Waals surface area contributed by atoms with E-state index < -0.39 is 22.3 Å². The van der Waals surface area contributed by atoms with Crippen LogP contribution in [0.3, 0.4) is 0 Å². The third-order valence-electron chi connectivity index (χ3n) is 3.25. The molecule has 0 bridgehead atoms. The zero-order chi connectivity index (χ0) is 15.5. The molecule has 0 unspecified atom stereocenters. The van der Waals surface area contributed by atoms with Crippen LogP contribution in [0.25, 0.3) is 0 Å². The summed E-state index contributed by atoms with van der Waals surface area (Å²) in [4.78, 5) is 33.1. The molecule has 10 heteroatoms. The maximum absolute atomic E-state index is 11.9. The second kappa shape index (κ2) is 5.87. The van der Waals surface area contributed by atoms with E-state index in [0.717, 1.165) is 10.7 Å². The van der Waals surface area contributed by atoms with Gasteiger partial charge >= 0.3 is 11.8 Å². The van der Waals surface area contributed by atoms with Crippen molar-refractivity contribution in [3.8, 4) is 0 Å². The van der Waals surface area contributed by atoms with Crippen molar-refractivity contribution >= 4 is 17.7 Å². The van der Waals surface area contributed by atoms with Crippen molar-refractivity contribution < 1.29 is 24.4 Å². The average Bonchev–Trinajstić information content (AvgIpc) is 2.88. The predicted molar refractivity (Wildman–Crippen MR) is 67.4 cm³/mol. The van der Waals surface area contributed by atoms with Gasteiger partial charge in [0.1, 0.15) is 12.1 Å². The molecule has 2 N–H and O–H groups in total. The Morgan fingerprint density at radius 1 is 1.52 bits per heavy atom. The van der Waals surface area contributed by atoms with Crippen LogP contribution in [-0.2, 0) is 20.9 Å². The van der Waals surface area contributed by atoms with E-state index in [9.17, 15) is 24.8 Å². The number of carbonyl (C=O) groups excluding carboxylic acids is 1. The SMILES string of the molecule is O=C(Cn1ccc([N+](=O)[O-])n1)NC1(C(=O)O)CCOCC1. The van der Waals surface area contributed by atoms with Crippen molar-refractivity contribution in [2.75, 3.05) is 13.2 Å². The van der Waals surface area contributed by atoms with Crippen LogP contribution in [0.5, 0.6) is 0 Å². The molecule has 0 spiro atoms. The lowest BCUT2D eigenvalue weighted by Crippen LogP contribution is -2.58. The van der Waals surface area contributed by atoms with Gasteiger partial charge < -0.3 is 25.3 Å². The molecular weight excluding hydrogens is 284 g/mol. The fourth-order valence-electron chi connectivity index (χ4n) is 2.10. The summed E-state index contributed by atoms with van der Waals surface area (Å²) in [6.07, 6.45) is 1.63. The molecule has 1 aliphatic heterocycles. The minimum absolute atomic E-state index is 0.174. The van der Waals surface area contributed by atoms with Gasteiger partial charge in [-0.15, -0.1) is 0 Å². The Balaban J connectivity index is 2.02. The lowest BCUT2D eigenvalue weighted by Gasteiger charge is -2.33. The number of nitrogens with zero attached hydrogens (tertiary/aromatic N) is 3. The van der Waals surface area contributed by atoms with E-state index in [1.165, 1.54) is 6.20 Å². The predicted octanol–water partition coefficient (Wildman–Crippen LogP) is -0.459. The number of nitro groups is 1. The van der Waals surface area contributed by atoms with Crippen LogP contribution in [0.4, 0.5) is 5.82 Å². The van der Waals surface area contributed by atoms with Gasteiger partial charge in [0.2, 0.25) is 5.91 Å². The molecule has 0 aromatic carbocycles. The highest BCUT2D eigenvalue weighted by Crippen LogP contribution is 2.21. The minimum atomic E-state index is -1.35. The van der Waals surface area contributed by atoms with Crippen LogP contribution < -0.4 is 5.32 Å². The van der Waals surface area contributed by atoms with E-state index in [0.29, 0.717) is 0 Å². The van der Waals surface area contributed by atoms with Crippen molar-refractivity contribution in [3.05, 3.63) is 22.4 Å². The number of nitrogens with one attached hydrogen (secondary N) is 1. The molecule has 0 saturated carbocycles. The molecule has 1 amide bonds. The quantitative estimate of drug-likeness (QED) is 0.554. The van der Waals surface area contributed by atoms with Gasteiger partial charge in [0.05, 0.1) is 17.4 Å². The second-order valence-corrected chi connectivity index (χ2v) is 4.68. The molecule has 0 aliphatic carbocycles. The van der Waals surface area contributed by atoms with Gasteiger partial charge in [0.15, 0.2) is 0 Å². The molecule has 1 fully saturated rings. The highest BCUT2D eigenvalue weighted by Gasteiger charge is 2.41. The fourth-order valence-corrected chi connectivity index (χ4v) is 2.10. The topological polar surface area (TPSA) is 137 Å². The Morgan fingerprint density at radius 3 is 2.71 bits per heavy atom. The molecule has 10 nitrogen and oxygen atoms in total. The Hall–Kier alpha value is -2.49. The number of aliphatic carboxylic acids is 1. The lowest BCUT2D eigenvalue weighted by molar-refractivity contribution is -0.389. The molecule has 114 valence electrons. The summed E-state index contributed by atoms with van der Waals surface area (Å²) < 4.78 is 6.18. The van der Waals surface area contributed by atoms with Crippen LogP contribution in [0.2, 0.25) is 0 Å². The fraction of sp³-hybridized carbons (Fsp3) is 0.545. The molecule has 1 aliphatic rings. The third-order valence-corrected chi connectivity index (χ3v) is 3.25. The normalized spacial score (nSPS) is 17.1. The molecular formula is C11H14N4O6. The van der Waals surface area contributed by atoms with Gasteiger partial charge in [-0.05, 0) is 4.92 Å². The zero-order valence-corrected chi connectivity index (χ0v) is 11.0. The average molecular weight is 298 g/mol. The third kappa shape index (κ3) is 3.34. The second-order valence-electron chi connectivity index (χ2n) is 4.68. The number of hydrogen-bond donors (Lipinski definition) is 2. The molecule has 0 radical (unpaired) electrons. The molecule has 0 atom stereocenters. The molecule has 1 aromatic heterocycles. The van der Waals surface area contributed by atoms with Crippen LogP contribution in [0.1, 0.15) is 12.8 Å². The highest BCUT2D eigenvalue weighted by molar-refractivity contribution is 5.87. The largest absolute Gasteiger partial charge is 0.480 e. The number of carbonyl (C=O) groups is 2. The van der Waals surface area contributed by atoms with Crippen molar-refractivity contribution in [2.45, 2.75) is 24.9 Å². The number of hydrogen-bond acceptors (Lipinski definition) is 6. The van der Waals surface area contributed by atoms with Crippen molar-refractivity contribution in [1.82, 2.24) is 15.1 Å². The Morgan fingerprint density at radius 2 is 2.19 bits per heavy atom. The number of aromatic nitrogens is 2. The monoisotopic (exact) mass is 298 g/mol. The molecule has 2 rings (SSSR count). The maximum Gasteiger partial charge on any atom is 0.389 e. The summed E-state index contributed by atoms with van der Waals surface area (Å²) in [6.45, 7) is 0.212. The van der Waals surface area contributed by atoms with E-state index in [4.69, 9.17) is 4.74 Å². The van der Waals surface area contributed by atoms with Gasteiger partial charge in [0, 0.05) is 26.1 Å². The summed E-state index contributed by atoms with van der Waals surface area (Å²) >= 11 is 0. The summed E-state index contributed by atoms with van der Waals surface area (Å²) in [5, 5.41) is 25.9. The van der Waals surface area contributed by atoms with Gasteiger partial charge in [0.25, 0.3) is 0 Å². The standard InChI is InChI=1S/C11H14N4O6/c16-9(7-14-4-1-8(13-14)15(19)20)12-11(10(17)18)2-5-21-6-3-11/h1,4H,2-3,5-7H2,(H,12,16)(H,17,18). The molecule has 21 heavy (non-hydrogen) atoms. The zero-order valence-electron chi connectivity index (χ0n) is 11.0. The Labute approximate surface area is 118 Å². The van der Waals surface area contributed by atoms with Gasteiger partial charge in [-0.1, -0.05) is 0 Å². The van der Waals surface area contributed by atoms with Crippen LogP contribution in [0, 0.1) is 10.1 Å². The molecule has 2 heterocycles. The van der Waals surface area contributed by atoms with Crippen LogP contribution in [-0.4, -0.2) is 50.4 Å². The first kappa shape index (κ1) is 14.9. The van der Waals surface area contributed by atoms with Gasteiger partial charge in [-0.25, -0.2) is 4.79 Å². The Bertz CT molecular complexity index is 563. The summed E-state index contributed by atoms with van der Waals surface area (Å²) in [5.74, 6) is -2.07. The first-order valence-corrected chi connectivity index (χ1v) is 6.23. The smallest absolute Gasteiger partial charge is 0.389 e. The van der Waals surface area contributed by atoms with E-state index in [-0.39, 0.29) is 38.4 Å².